The van der Waals surface area contributed by atoms with E-state index in [9.17, 15) is 9.50 Å². The van der Waals surface area contributed by atoms with Crippen LogP contribution in [-0.4, -0.2) is 14.7 Å². The van der Waals surface area contributed by atoms with Crippen LogP contribution in [0.3, 0.4) is 0 Å². The third-order valence-electron chi connectivity index (χ3n) is 2.81. The van der Waals surface area contributed by atoms with Gasteiger partial charge in [0.15, 0.2) is 0 Å². The highest BCUT2D eigenvalue weighted by atomic mass is 79.9. The summed E-state index contributed by atoms with van der Waals surface area (Å²) in [6, 6.07) is 4.45. The van der Waals surface area contributed by atoms with Crippen LogP contribution in [0.4, 0.5) is 4.39 Å². The van der Waals surface area contributed by atoms with Crippen molar-refractivity contribution in [2.75, 3.05) is 0 Å². The molecule has 6 heteroatoms. The van der Waals surface area contributed by atoms with Gasteiger partial charge in [-0.15, -0.1) is 5.10 Å². The highest BCUT2D eigenvalue weighted by Crippen LogP contribution is 2.30. The first-order chi connectivity index (χ1) is 8.99. The quantitative estimate of drug-likeness (QED) is 0.916. The van der Waals surface area contributed by atoms with Gasteiger partial charge in [0.1, 0.15) is 5.82 Å². The van der Waals surface area contributed by atoms with Crippen molar-refractivity contribution in [1.29, 1.82) is 0 Å². The van der Waals surface area contributed by atoms with E-state index in [1.165, 1.54) is 23.7 Å². The molecule has 19 heavy (non-hydrogen) atoms. The second kappa shape index (κ2) is 6.07. The molecule has 0 saturated heterocycles. The van der Waals surface area contributed by atoms with Crippen molar-refractivity contribution in [3.63, 3.8) is 0 Å². The highest BCUT2D eigenvalue weighted by Gasteiger charge is 2.20. The Morgan fingerprint density at radius 1 is 1.42 bits per heavy atom. The molecule has 0 aliphatic rings. The fourth-order valence-corrected chi connectivity index (χ4v) is 3.04. The number of hydrogen-bond acceptors (Lipinski definition) is 4. The van der Waals surface area contributed by atoms with Gasteiger partial charge in [0.05, 0.1) is 16.7 Å². The third kappa shape index (κ3) is 3.38. The average Bonchev–Trinajstić information content (AvgIpc) is 2.83. The minimum atomic E-state index is -0.713. The van der Waals surface area contributed by atoms with Crippen LogP contribution in [0.1, 0.15) is 42.0 Å². The molecule has 0 spiro atoms. The number of nitrogens with zero attached hydrogens (tertiary/aromatic N) is 2. The van der Waals surface area contributed by atoms with Crippen molar-refractivity contribution in [1.82, 2.24) is 9.59 Å². The number of benzene rings is 1. The summed E-state index contributed by atoms with van der Waals surface area (Å²) in [5, 5.41) is 14.3. The van der Waals surface area contributed by atoms with E-state index in [-0.39, 0.29) is 11.7 Å². The van der Waals surface area contributed by atoms with Gasteiger partial charge in [-0.2, -0.15) is 0 Å². The maximum atomic E-state index is 13.2. The molecule has 0 radical (unpaired) electrons. The Morgan fingerprint density at radius 3 is 2.84 bits per heavy atom. The van der Waals surface area contributed by atoms with Gasteiger partial charge in [0, 0.05) is 10.9 Å². The average molecular weight is 345 g/mol. The second-order valence-electron chi connectivity index (χ2n) is 4.63. The molecular formula is C13H14BrFN2OS. The Labute approximate surface area is 123 Å². The summed E-state index contributed by atoms with van der Waals surface area (Å²) in [4.78, 5) is 0.756. The zero-order valence-corrected chi connectivity index (χ0v) is 13.0. The van der Waals surface area contributed by atoms with Gasteiger partial charge in [-0.25, -0.2) is 4.39 Å². The molecule has 2 rings (SSSR count). The molecule has 2 aromatic rings. The summed E-state index contributed by atoms with van der Waals surface area (Å²) in [7, 11) is 0. The number of aliphatic hydroxyl groups is 1. The van der Waals surface area contributed by atoms with Crippen LogP contribution in [0.15, 0.2) is 22.7 Å². The third-order valence-corrected chi connectivity index (χ3v) is 4.43. The number of rotatable bonds is 4. The van der Waals surface area contributed by atoms with Crippen LogP contribution in [0.25, 0.3) is 0 Å². The molecule has 1 unspecified atom stereocenters. The van der Waals surface area contributed by atoms with Gasteiger partial charge in [0.25, 0.3) is 0 Å². The number of aromatic nitrogens is 2. The van der Waals surface area contributed by atoms with Crippen molar-refractivity contribution in [2.24, 2.45) is 0 Å². The fourth-order valence-electron chi connectivity index (χ4n) is 1.84. The van der Waals surface area contributed by atoms with Gasteiger partial charge >= 0.3 is 0 Å². The van der Waals surface area contributed by atoms with E-state index in [4.69, 9.17) is 0 Å². The first kappa shape index (κ1) is 14.6. The molecule has 1 aromatic heterocycles. The van der Waals surface area contributed by atoms with E-state index in [1.807, 2.05) is 13.8 Å². The molecule has 0 bridgehead atoms. The first-order valence-corrected chi connectivity index (χ1v) is 7.49. The normalized spacial score (nSPS) is 12.9. The van der Waals surface area contributed by atoms with Crippen molar-refractivity contribution in [3.8, 4) is 0 Å². The van der Waals surface area contributed by atoms with Crippen molar-refractivity contribution in [3.05, 3.63) is 44.6 Å². The molecule has 1 aromatic carbocycles. The summed E-state index contributed by atoms with van der Waals surface area (Å²) >= 11 is 4.56. The lowest BCUT2D eigenvalue weighted by molar-refractivity contribution is 0.180. The van der Waals surface area contributed by atoms with Gasteiger partial charge < -0.3 is 5.11 Å². The zero-order chi connectivity index (χ0) is 14.0. The number of aliphatic hydroxyl groups excluding tert-OH is 1. The van der Waals surface area contributed by atoms with E-state index in [2.05, 4.69) is 25.5 Å². The maximum Gasteiger partial charge on any atom is 0.123 e. The Hall–Kier alpha value is -0.850. The van der Waals surface area contributed by atoms with Crippen LogP contribution < -0.4 is 0 Å². The van der Waals surface area contributed by atoms with Gasteiger partial charge in [-0.3, -0.25) is 0 Å². The lowest BCUT2D eigenvalue weighted by atomic mass is 10.0. The molecule has 3 nitrogen and oxygen atoms in total. The zero-order valence-electron chi connectivity index (χ0n) is 10.6. The van der Waals surface area contributed by atoms with Crippen molar-refractivity contribution in [2.45, 2.75) is 32.3 Å². The molecule has 0 aliphatic heterocycles. The summed E-state index contributed by atoms with van der Waals surface area (Å²) in [6.45, 7) is 4.01. The highest BCUT2D eigenvalue weighted by molar-refractivity contribution is 9.10. The summed E-state index contributed by atoms with van der Waals surface area (Å²) in [6.07, 6.45) is -0.377. The minimum Gasteiger partial charge on any atom is -0.387 e. The summed E-state index contributed by atoms with van der Waals surface area (Å²) in [5.74, 6) is -0.101. The van der Waals surface area contributed by atoms with E-state index < -0.39 is 6.10 Å². The van der Waals surface area contributed by atoms with Gasteiger partial charge in [-0.1, -0.05) is 34.3 Å². The topological polar surface area (TPSA) is 46.0 Å². The Bertz CT molecular complexity index is 574. The Balaban J connectivity index is 2.23. The molecule has 102 valence electrons. The lowest BCUT2D eigenvalue weighted by Gasteiger charge is -2.12. The van der Waals surface area contributed by atoms with Crippen LogP contribution >= 0.6 is 27.5 Å². The molecular weight excluding hydrogens is 331 g/mol. The summed E-state index contributed by atoms with van der Waals surface area (Å²) < 4.78 is 17.9. The van der Waals surface area contributed by atoms with Crippen molar-refractivity contribution >= 4 is 27.5 Å². The molecule has 0 fully saturated rings. The minimum absolute atomic E-state index is 0.208. The molecule has 1 heterocycles. The summed E-state index contributed by atoms with van der Waals surface area (Å²) in [5.41, 5.74) is 1.54. The first-order valence-electron chi connectivity index (χ1n) is 5.93. The SMILES string of the molecule is CC(C)c1nnsc1C(O)Cc1cc(F)ccc1Br. The largest absolute Gasteiger partial charge is 0.387 e. The van der Waals surface area contributed by atoms with Crippen LogP contribution in [0.2, 0.25) is 0 Å². The smallest absolute Gasteiger partial charge is 0.123 e. The lowest BCUT2D eigenvalue weighted by Crippen LogP contribution is -2.05. The van der Waals surface area contributed by atoms with E-state index >= 15 is 0 Å². The van der Waals surface area contributed by atoms with Crippen LogP contribution in [0, 0.1) is 5.82 Å². The maximum absolute atomic E-state index is 13.2. The standard InChI is InChI=1S/C13H14BrFN2OS/c1-7(2)12-13(19-17-16-12)11(18)6-8-5-9(15)3-4-10(8)14/h3-5,7,11,18H,6H2,1-2H3. The molecule has 1 N–H and O–H groups in total. The van der Waals surface area contributed by atoms with E-state index in [0.29, 0.717) is 6.42 Å². The fraction of sp³-hybridized carbons (Fsp3) is 0.385. The van der Waals surface area contributed by atoms with Crippen molar-refractivity contribution < 1.29 is 9.50 Å². The molecule has 1 atom stereocenters. The van der Waals surface area contributed by atoms with Gasteiger partial charge in [0.2, 0.25) is 0 Å². The molecule has 0 aliphatic carbocycles. The number of hydrogen-bond donors (Lipinski definition) is 1. The predicted molar refractivity (Wildman–Crippen MR) is 76.8 cm³/mol. The second-order valence-corrected chi connectivity index (χ2v) is 6.27. The Morgan fingerprint density at radius 2 is 2.16 bits per heavy atom. The monoisotopic (exact) mass is 344 g/mol. The predicted octanol–water partition coefficient (Wildman–Crippen LogP) is 3.84. The van der Waals surface area contributed by atoms with E-state index in [0.717, 1.165) is 20.6 Å². The molecule has 0 amide bonds. The van der Waals surface area contributed by atoms with Gasteiger partial charge in [-0.05, 0) is 41.2 Å². The number of halogens is 2. The van der Waals surface area contributed by atoms with Crippen LogP contribution in [0.5, 0.6) is 0 Å². The van der Waals surface area contributed by atoms with Crippen LogP contribution in [-0.2, 0) is 6.42 Å². The molecule has 0 saturated carbocycles. The van der Waals surface area contributed by atoms with E-state index in [1.54, 1.807) is 6.07 Å². The Kier molecular flexibility index (Phi) is 4.65.